The molecule has 0 aromatic heterocycles. The molecule has 0 bridgehead atoms. The number of nitrogens with zero attached hydrogens (tertiary/aromatic N) is 1. The predicted molar refractivity (Wildman–Crippen MR) is 65.5 cm³/mol. The highest BCUT2D eigenvalue weighted by molar-refractivity contribution is 5.69. The van der Waals surface area contributed by atoms with Crippen molar-refractivity contribution in [1.29, 1.82) is 0 Å². The third kappa shape index (κ3) is 4.43. The summed E-state index contributed by atoms with van der Waals surface area (Å²) in [5, 5.41) is 0. The van der Waals surface area contributed by atoms with Crippen molar-refractivity contribution < 1.29 is 13.9 Å². The van der Waals surface area contributed by atoms with Crippen LogP contribution in [0, 0.1) is 5.82 Å². The van der Waals surface area contributed by atoms with Crippen molar-refractivity contribution in [3.8, 4) is 0 Å². The second kappa shape index (κ2) is 6.89. The second-order valence-corrected chi connectivity index (χ2v) is 3.74. The lowest BCUT2D eigenvalue weighted by Gasteiger charge is -2.22. The average Bonchev–Trinajstić information content (AvgIpc) is 2.34. The second-order valence-electron chi connectivity index (χ2n) is 3.74. The van der Waals surface area contributed by atoms with Crippen LogP contribution in [0.3, 0.4) is 0 Å². The Morgan fingerprint density at radius 2 is 2.24 bits per heavy atom. The van der Waals surface area contributed by atoms with E-state index < -0.39 is 0 Å². The van der Waals surface area contributed by atoms with Gasteiger partial charge in [0.05, 0.1) is 7.11 Å². The van der Waals surface area contributed by atoms with Gasteiger partial charge in [-0.2, -0.15) is 0 Å². The minimum absolute atomic E-state index is 0.208. The normalized spacial score (nSPS) is 10.1. The molecule has 17 heavy (non-hydrogen) atoms. The number of halogens is 1. The summed E-state index contributed by atoms with van der Waals surface area (Å²) in [6.07, 6.45) is 1.10. The number of carbonyl (C=O) groups is 1. The van der Waals surface area contributed by atoms with E-state index in [1.807, 2.05) is 17.9 Å². The van der Waals surface area contributed by atoms with Gasteiger partial charge in [0.25, 0.3) is 0 Å². The van der Waals surface area contributed by atoms with E-state index in [0.29, 0.717) is 12.8 Å². The third-order valence-corrected chi connectivity index (χ3v) is 2.59. The van der Waals surface area contributed by atoms with E-state index in [9.17, 15) is 9.18 Å². The van der Waals surface area contributed by atoms with Gasteiger partial charge in [-0.15, -0.1) is 0 Å². The zero-order chi connectivity index (χ0) is 12.7. The quantitative estimate of drug-likeness (QED) is 0.715. The van der Waals surface area contributed by atoms with E-state index in [1.54, 1.807) is 6.07 Å². The molecule has 1 aromatic rings. The van der Waals surface area contributed by atoms with Crippen LogP contribution in [0.5, 0.6) is 0 Å². The van der Waals surface area contributed by atoms with E-state index >= 15 is 0 Å². The summed E-state index contributed by atoms with van der Waals surface area (Å²) >= 11 is 0. The molecule has 0 fully saturated rings. The van der Waals surface area contributed by atoms with Gasteiger partial charge in [0.1, 0.15) is 5.82 Å². The molecule has 0 aliphatic carbocycles. The minimum atomic E-state index is -0.242. The van der Waals surface area contributed by atoms with Crippen molar-refractivity contribution in [1.82, 2.24) is 0 Å². The molecule has 0 aliphatic rings. The van der Waals surface area contributed by atoms with E-state index in [0.717, 1.165) is 18.8 Å². The van der Waals surface area contributed by atoms with Crippen molar-refractivity contribution in [2.45, 2.75) is 19.8 Å². The SMILES string of the molecule is CCN(CCCC(=O)OC)c1cccc(F)c1. The molecule has 0 heterocycles. The van der Waals surface area contributed by atoms with E-state index in [1.165, 1.54) is 19.2 Å². The number of carbonyl (C=O) groups excluding carboxylic acids is 1. The lowest BCUT2D eigenvalue weighted by atomic mass is 10.2. The molecule has 1 aromatic carbocycles. The molecule has 1 rings (SSSR count). The van der Waals surface area contributed by atoms with Gasteiger partial charge in [-0.3, -0.25) is 4.79 Å². The maximum absolute atomic E-state index is 13.1. The number of esters is 1. The zero-order valence-corrected chi connectivity index (χ0v) is 10.3. The van der Waals surface area contributed by atoms with Gasteiger partial charge >= 0.3 is 5.97 Å². The minimum Gasteiger partial charge on any atom is -0.469 e. The largest absolute Gasteiger partial charge is 0.469 e. The Labute approximate surface area is 101 Å². The van der Waals surface area contributed by atoms with Crippen LogP contribution in [0.1, 0.15) is 19.8 Å². The van der Waals surface area contributed by atoms with Gasteiger partial charge in [-0.1, -0.05) is 6.07 Å². The maximum atomic E-state index is 13.1. The molecule has 4 heteroatoms. The number of anilines is 1. The molecular weight excluding hydrogens is 221 g/mol. The highest BCUT2D eigenvalue weighted by Gasteiger charge is 2.06. The van der Waals surface area contributed by atoms with Crippen LogP contribution in [0.4, 0.5) is 10.1 Å². The van der Waals surface area contributed by atoms with Gasteiger partial charge in [0, 0.05) is 25.2 Å². The molecule has 0 radical (unpaired) electrons. The first kappa shape index (κ1) is 13.5. The summed E-state index contributed by atoms with van der Waals surface area (Å²) in [5.41, 5.74) is 0.845. The topological polar surface area (TPSA) is 29.5 Å². The summed E-state index contributed by atoms with van der Waals surface area (Å²) in [5.74, 6) is -0.450. The van der Waals surface area contributed by atoms with Gasteiger partial charge in [0.15, 0.2) is 0 Å². The molecule has 0 aliphatic heterocycles. The molecular formula is C13H18FNO2. The molecule has 0 unspecified atom stereocenters. The highest BCUT2D eigenvalue weighted by Crippen LogP contribution is 2.15. The Kier molecular flexibility index (Phi) is 5.46. The summed E-state index contributed by atoms with van der Waals surface area (Å²) in [6, 6.07) is 6.48. The monoisotopic (exact) mass is 239 g/mol. The van der Waals surface area contributed by atoms with Crippen molar-refractivity contribution in [3.05, 3.63) is 30.1 Å². The summed E-state index contributed by atoms with van der Waals surface area (Å²) in [7, 11) is 1.38. The number of hydrogen-bond acceptors (Lipinski definition) is 3. The Balaban J connectivity index is 2.51. The standard InChI is InChI=1S/C13H18FNO2/c1-3-15(9-5-8-13(16)17-2)12-7-4-6-11(14)10-12/h4,6-7,10H,3,5,8-9H2,1-2H3. The first-order valence-electron chi connectivity index (χ1n) is 5.74. The van der Waals surface area contributed by atoms with Crippen LogP contribution in [0.15, 0.2) is 24.3 Å². The number of ether oxygens (including phenoxy) is 1. The van der Waals surface area contributed by atoms with Crippen molar-refractivity contribution in [2.24, 2.45) is 0 Å². The third-order valence-electron chi connectivity index (χ3n) is 2.59. The first-order chi connectivity index (χ1) is 8.17. The van der Waals surface area contributed by atoms with Crippen LogP contribution in [0.2, 0.25) is 0 Å². The number of rotatable bonds is 6. The Morgan fingerprint density at radius 1 is 1.47 bits per heavy atom. The lowest BCUT2D eigenvalue weighted by molar-refractivity contribution is -0.140. The molecule has 0 spiro atoms. The number of hydrogen-bond donors (Lipinski definition) is 0. The fourth-order valence-electron chi connectivity index (χ4n) is 1.66. The smallest absolute Gasteiger partial charge is 0.305 e. The fourth-order valence-corrected chi connectivity index (χ4v) is 1.66. The van der Waals surface area contributed by atoms with Gasteiger partial charge < -0.3 is 9.64 Å². The predicted octanol–water partition coefficient (Wildman–Crippen LogP) is 2.61. The molecule has 0 N–H and O–H groups in total. The van der Waals surface area contributed by atoms with Gasteiger partial charge in [-0.05, 0) is 31.5 Å². The molecule has 0 amide bonds. The van der Waals surface area contributed by atoms with E-state index in [-0.39, 0.29) is 11.8 Å². The number of methoxy groups -OCH3 is 1. The molecule has 94 valence electrons. The van der Waals surface area contributed by atoms with Crippen LogP contribution >= 0.6 is 0 Å². The molecule has 0 saturated carbocycles. The summed E-state index contributed by atoms with van der Waals surface area (Å²) in [6.45, 7) is 3.50. The number of benzene rings is 1. The van der Waals surface area contributed by atoms with Gasteiger partial charge in [-0.25, -0.2) is 4.39 Å². The lowest BCUT2D eigenvalue weighted by Crippen LogP contribution is -2.24. The first-order valence-corrected chi connectivity index (χ1v) is 5.74. The fraction of sp³-hybridized carbons (Fsp3) is 0.462. The molecule has 0 saturated heterocycles. The Bertz CT molecular complexity index is 368. The molecule has 3 nitrogen and oxygen atoms in total. The highest BCUT2D eigenvalue weighted by atomic mass is 19.1. The summed E-state index contributed by atoms with van der Waals surface area (Å²) < 4.78 is 17.6. The molecule has 0 atom stereocenters. The van der Waals surface area contributed by atoms with Crippen molar-refractivity contribution >= 4 is 11.7 Å². The van der Waals surface area contributed by atoms with Crippen LogP contribution in [-0.2, 0) is 9.53 Å². The van der Waals surface area contributed by atoms with Crippen molar-refractivity contribution in [3.63, 3.8) is 0 Å². The zero-order valence-electron chi connectivity index (χ0n) is 10.3. The van der Waals surface area contributed by atoms with Crippen LogP contribution in [-0.4, -0.2) is 26.2 Å². The van der Waals surface area contributed by atoms with Gasteiger partial charge in [0.2, 0.25) is 0 Å². The van der Waals surface area contributed by atoms with E-state index in [2.05, 4.69) is 4.74 Å². The Hall–Kier alpha value is -1.58. The van der Waals surface area contributed by atoms with Crippen LogP contribution in [0.25, 0.3) is 0 Å². The Morgan fingerprint density at radius 3 is 2.82 bits per heavy atom. The maximum Gasteiger partial charge on any atom is 0.305 e. The average molecular weight is 239 g/mol. The van der Waals surface area contributed by atoms with Crippen LogP contribution < -0.4 is 4.90 Å². The van der Waals surface area contributed by atoms with E-state index in [4.69, 9.17) is 0 Å². The van der Waals surface area contributed by atoms with Crippen molar-refractivity contribution in [2.75, 3.05) is 25.1 Å². The summed E-state index contributed by atoms with van der Waals surface area (Å²) in [4.78, 5) is 13.0.